The Kier molecular flexibility index (Phi) is 7.43. The Morgan fingerprint density at radius 2 is 1.66 bits per heavy atom. The fraction of sp³-hybridized carbons (Fsp3) is 0.250. The van der Waals surface area contributed by atoms with Gasteiger partial charge in [-0.2, -0.15) is 0 Å². The Hall–Kier alpha value is -2.39. The van der Waals surface area contributed by atoms with Crippen molar-refractivity contribution in [3.05, 3.63) is 54.3 Å². The van der Waals surface area contributed by atoms with Crippen molar-refractivity contribution in [2.75, 3.05) is 32.2 Å². The summed E-state index contributed by atoms with van der Waals surface area (Å²) >= 11 is 0. The maximum Gasteiger partial charge on any atom is 0.238 e. The van der Waals surface area contributed by atoms with E-state index >= 15 is 0 Å². The van der Waals surface area contributed by atoms with Crippen molar-refractivity contribution in [3.8, 4) is 22.4 Å². The Labute approximate surface area is 176 Å². The molecule has 2 N–H and O–H groups in total. The van der Waals surface area contributed by atoms with Gasteiger partial charge in [0.05, 0.1) is 17.1 Å². The Morgan fingerprint density at radius 1 is 1.07 bits per heavy atom. The Balaban J connectivity index is 0.00000300. The van der Waals surface area contributed by atoms with E-state index in [1.165, 1.54) is 12.1 Å². The van der Waals surface area contributed by atoms with Crippen molar-refractivity contribution >= 4 is 28.1 Å². The first-order chi connectivity index (χ1) is 13.3. The number of methoxy groups -OCH3 is 1. The Bertz CT molecular complexity index is 1050. The molecular weight excluding hydrogens is 414 g/mol. The largest absolute Gasteiger partial charge is 0.383 e. The lowest BCUT2D eigenvalue weighted by Gasteiger charge is -2.18. The number of ether oxygens (including phenoxy) is 1. The van der Waals surface area contributed by atoms with E-state index in [2.05, 4.69) is 10.1 Å². The number of benzene rings is 2. The van der Waals surface area contributed by atoms with E-state index in [-0.39, 0.29) is 17.3 Å². The lowest BCUT2D eigenvalue weighted by molar-refractivity contribution is 0.206. The first-order valence-electron chi connectivity index (χ1n) is 8.71. The van der Waals surface area contributed by atoms with Gasteiger partial charge < -0.3 is 14.2 Å². The quantitative estimate of drug-likeness (QED) is 0.607. The average molecular weight is 438 g/mol. The van der Waals surface area contributed by atoms with Gasteiger partial charge in [0, 0.05) is 32.0 Å². The molecule has 0 aliphatic rings. The van der Waals surface area contributed by atoms with Crippen LogP contribution in [0, 0.1) is 6.92 Å². The third-order valence-electron chi connectivity index (χ3n) is 4.55. The first-order valence-corrected chi connectivity index (χ1v) is 10.3. The molecule has 2 aromatic carbocycles. The predicted molar refractivity (Wildman–Crippen MR) is 116 cm³/mol. The molecule has 0 aliphatic carbocycles. The van der Waals surface area contributed by atoms with Crippen molar-refractivity contribution in [2.24, 2.45) is 5.14 Å². The molecule has 29 heavy (non-hydrogen) atoms. The van der Waals surface area contributed by atoms with Crippen LogP contribution in [0.2, 0.25) is 0 Å². The molecule has 0 atom stereocenters. The zero-order valence-electron chi connectivity index (χ0n) is 16.5. The maximum atomic E-state index is 11.5. The van der Waals surface area contributed by atoms with E-state index in [0.717, 1.165) is 28.9 Å². The van der Waals surface area contributed by atoms with Gasteiger partial charge in [0.1, 0.15) is 11.5 Å². The van der Waals surface area contributed by atoms with E-state index in [1.807, 2.05) is 38.2 Å². The lowest BCUT2D eigenvalue weighted by atomic mass is 9.99. The minimum atomic E-state index is -3.73. The first kappa shape index (κ1) is 22.9. The van der Waals surface area contributed by atoms with E-state index in [9.17, 15) is 8.42 Å². The summed E-state index contributed by atoms with van der Waals surface area (Å²) in [5, 5.41) is 9.38. The molecule has 0 bridgehead atoms. The summed E-state index contributed by atoms with van der Waals surface area (Å²) in [4.78, 5) is 2.17. The standard InChI is InChI=1S/C20H23N3O4S.ClH/c1-14-19(15-6-10-18(11-7-15)28(21,24)25)20(22-27-14)16-4-8-17(9-5-16)23(2)12-13-26-3;/h4-11H,12-13H2,1-3H3,(H2,21,24,25);1H. The van der Waals surface area contributed by atoms with Gasteiger partial charge in [-0.25, -0.2) is 13.6 Å². The second-order valence-electron chi connectivity index (χ2n) is 6.49. The zero-order valence-corrected chi connectivity index (χ0v) is 18.1. The minimum absolute atomic E-state index is 0. The molecule has 0 saturated carbocycles. The lowest BCUT2D eigenvalue weighted by Crippen LogP contribution is -2.21. The van der Waals surface area contributed by atoms with Crippen LogP contribution in [-0.4, -0.2) is 40.9 Å². The van der Waals surface area contributed by atoms with Gasteiger partial charge in [0.2, 0.25) is 10.0 Å². The highest BCUT2D eigenvalue weighted by Crippen LogP contribution is 2.35. The summed E-state index contributed by atoms with van der Waals surface area (Å²) in [6.07, 6.45) is 0. The zero-order chi connectivity index (χ0) is 20.3. The van der Waals surface area contributed by atoms with Crippen molar-refractivity contribution < 1.29 is 17.7 Å². The van der Waals surface area contributed by atoms with Gasteiger partial charge >= 0.3 is 0 Å². The molecule has 3 aromatic rings. The number of nitrogens with two attached hydrogens (primary N) is 1. The number of rotatable bonds is 7. The predicted octanol–water partition coefficient (Wildman–Crippen LogP) is 3.47. The highest BCUT2D eigenvalue weighted by atomic mass is 35.5. The van der Waals surface area contributed by atoms with Gasteiger partial charge in [-0.05, 0) is 36.8 Å². The molecule has 0 fully saturated rings. The number of nitrogens with zero attached hydrogens (tertiary/aromatic N) is 2. The van der Waals surface area contributed by atoms with Crippen LogP contribution in [0.4, 0.5) is 5.69 Å². The number of anilines is 1. The van der Waals surface area contributed by atoms with Crippen LogP contribution in [0.3, 0.4) is 0 Å². The van der Waals surface area contributed by atoms with Crippen molar-refractivity contribution in [1.82, 2.24) is 5.16 Å². The summed E-state index contributed by atoms with van der Waals surface area (Å²) in [6.45, 7) is 3.27. The summed E-state index contributed by atoms with van der Waals surface area (Å²) in [7, 11) is -0.0451. The van der Waals surface area contributed by atoms with Crippen LogP contribution in [0.15, 0.2) is 57.9 Å². The molecule has 156 valence electrons. The normalized spacial score (nSPS) is 11.2. The third-order valence-corrected chi connectivity index (χ3v) is 5.48. The SMILES string of the molecule is COCCN(C)c1ccc(-c2noc(C)c2-c2ccc(S(N)(=O)=O)cc2)cc1.Cl. The molecule has 0 amide bonds. The maximum absolute atomic E-state index is 11.5. The van der Waals surface area contributed by atoms with Gasteiger partial charge in [-0.3, -0.25) is 0 Å². The van der Waals surface area contributed by atoms with Gasteiger partial charge in [-0.15, -0.1) is 12.4 Å². The summed E-state index contributed by atoms with van der Waals surface area (Å²) < 4.78 is 33.5. The van der Waals surface area contributed by atoms with Gasteiger partial charge in [0.25, 0.3) is 0 Å². The van der Waals surface area contributed by atoms with Crippen LogP contribution in [0.1, 0.15) is 5.76 Å². The second kappa shape index (κ2) is 9.41. The second-order valence-corrected chi connectivity index (χ2v) is 8.05. The topological polar surface area (TPSA) is 98.7 Å². The number of aromatic nitrogens is 1. The fourth-order valence-electron chi connectivity index (χ4n) is 2.95. The van der Waals surface area contributed by atoms with Crippen LogP contribution in [0.25, 0.3) is 22.4 Å². The smallest absolute Gasteiger partial charge is 0.238 e. The summed E-state index contributed by atoms with van der Waals surface area (Å²) in [6, 6.07) is 14.4. The number of primary sulfonamides is 1. The Morgan fingerprint density at radius 3 is 2.21 bits per heavy atom. The van der Waals surface area contributed by atoms with Crippen molar-refractivity contribution in [3.63, 3.8) is 0 Å². The van der Waals surface area contributed by atoms with Crippen molar-refractivity contribution in [2.45, 2.75) is 11.8 Å². The summed E-state index contributed by atoms with van der Waals surface area (Å²) in [5.41, 5.74) is 4.31. The van der Waals surface area contributed by atoms with Crippen LogP contribution in [0.5, 0.6) is 0 Å². The van der Waals surface area contributed by atoms with Gasteiger partial charge in [-0.1, -0.05) is 29.4 Å². The number of halogens is 1. The highest BCUT2D eigenvalue weighted by molar-refractivity contribution is 7.89. The molecule has 9 heteroatoms. The molecule has 0 radical (unpaired) electrons. The molecule has 0 spiro atoms. The summed E-state index contributed by atoms with van der Waals surface area (Å²) in [5.74, 6) is 0.652. The average Bonchev–Trinajstić information content (AvgIpc) is 3.07. The molecule has 1 aromatic heterocycles. The van der Waals surface area contributed by atoms with Crippen molar-refractivity contribution in [1.29, 1.82) is 0 Å². The van der Waals surface area contributed by atoms with E-state index < -0.39 is 10.0 Å². The molecule has 3 rings (SSSR count). The highest BCUT2D eigenvalue weighted by Gasteiger charge is 2.18. The molecular formula is C20H24ClN3O4S. The molecule has 0 saturated heterocycles. The monoisotopic (exact) mass is 437 g/mol. The molecule has 0 aliphatic heterocycles. The number of sulfonamides is 1. The van der Waals surface area contributed by atoms with Crippen LogP contribution >= 0.6 is 12.4 Å². The van der Waals surface area contributed by atoms with Crippen LogP contribution < -0.4 is 10.0 Å². The third kappa shape index (κ3) is 5.16. The van der Waals surface area contributed by atoms with E-state index in [4.69, 9.17) is 14.4 Å². The number of hydrogen-bond donors (Lipinski definition) is 1. The van der Waals surface area contributed by atoms with Crippen LogP contribution in [-0.2, 0) is 14.8 Å². The number of hydrogen-bond acceptors (Lipinski definition) is 6. The molecule has 1 heterocycles. The van der Waals surface area contributed by atoms with E-state index in [1.54, 1.807) is 19.2 Å². The number of aryl methyl sites for hydroxylation is 1. The van der Waals surface area contributed by atoms with E-state index in [0.29, 0.717) is 18.1 Å². The molecule has 7 nitrogen and oxygen atoms in total. The van der Waals surface area contributed by atoms with Gasteiger partial charge in [0.15, 0.2) is 0 Å². The number of likely N-dealkylation sites (N-methyl/N-ethyl adjacent to an activating group) is 1. The molecule has 0 unspecified atom stereocenters. The fourth-order valence-corrected chi connectivity index (χ4v) is 3.47. The minimum Gasteiger partial charge on any atom is -0.383 e.